The van der Waals surface area contributed by atoms with Crippen LogP contribution in [0.3, 0.4) is 0 Å². The van der Waals surface area contributed by atoms with Crippen LogP contribution in [0.5, 0.6) is 0 Å². The minimum Gasteiger partial charge on any atom is -0.326 e. The fourth-order valence-electron chi connectivity index (χ4n) is 2.14. The van der Waals surface area contributed by atoms with Crippen LogP contribution in [-0.2, 0) is 16.8 Å². The van der Waals surface area contributed by atoms with Gasteiger partial charge in [-0.05, 0) is 24.3 Å². The summed E-state index contributed by atoms with van der Waals surface area (Å²) in [4.78, 5) is 0. The Morgan fingerprint density at radius 3 is 2.55 bits per heavy atom. The maximum Gasteiger partial charge on any atom is 0.279 e. The molecule has 0 heterocycles. The summed E-state index contributed by atoms with van der Waals surface area (Å²) < 4.78 is 28.6. The van der Waals surface area contributed by atoms with Gasteiger partial charge >= 0.3 is 0 Å². The molecule has 0 aliphatic heterocycles. The van der Waals surface area contributed by atoms with Crippen LogP contribution in [0, 0.1) is 5.92 Å². The smallest absolute Gasteiger partial charge is 0.279 e. The predicted molar refractivity (Wildman–Crippen MR) is 80.1 cm³/mol. The highest BCUT2D eigenvalue weighted by Crippen LogP contribution is 2.31. The van der Waals surface area contributed by atoms with E-state index in [9.17, 15) is 8.42 Å². The van der Waals surface area contributed by atoms with E-state index < -0.39 is 10.2 Å². The van der Waals surface area contributed by atoms with Crippen molar-refractivity contribution in [3.8, 4) is 0 Å². The van der Waals surface area contributed by atoms with Crippen LogP contribution >= 0.6 is 0 Å². The van der Waals surface area contributed by atoms with E-state index in [2.05, 4.69) is 4.72 Å². The van der Waals surface area contributed by atoms with E-state index in [1.54, 1.807) is 0 Å². The molecule has 112 valence electrons. The fraction of sp³-hybridized carbons (Fsp3) is 0.571. The molecule has 0 radical (unpaired) electrons. The molecule has 1 aromatic rings. The first kappa shape index (κ1) is 15.4. The monoisotopic (exact) mass is 297 g/mol. The topological polar surface area (TPSA) is 75.4 Å². The van der Waals surface area contributed by atoms with Crippen LogP contribution in [-0.4, -0.2) is 31.9 Å². The Morgan fingerprint density at radius 1 is 1.35 bits per heavy atom. The molecule has 1 unspecified atom stereocenters. The SMILES string of the molecule is CCN(Cc1ccccc1)S(=O)(=O)NCC(N)C1CC1. The summed E-state index contributed by atoms with van der Waals surface area (Å²) in [6.07, 6.45) is 2.23. The Labute approximate surface area is 121 Å². The van der Waals surface area contributed by atoms with Gasteiger partial charge in [0.15, 0.2) is 0 Å². The summed E-state index contributed by atoms with van der Waals surface area (Å²) in [5.41, 5.74) is 6.91. The lowest BCUT2D eigenvalue weighted by Gasteiger charge is -2.22. The van der Waals surface area contributed by atoms with Gasteiger partial charge in [-0.2, -0.15) is 12.7 Å². The van der Waals surface area contributed by atoms with Crippen molar-refractivity contribution in [1.29, 1.82) is 0 Å². The van der Waals surface area contributed by atoms with Crippen LogP contribution < -0.4 is 10.5 Å². The van der Waals surface area contributed by atoms with Crippen molar-refractivity contribution in [2.75, 3.05) is 13.1 Å². The second-order valence-corrected chi connectivity index (χ2v) is 7.02. The number of rotatable bonds is 8. The Morgan fingerprint density at radius 2 is 2.00 bits per heavy atom. The molecule has 5 nitrogen and oxygen atoms in total. The lowest BCUT2D eigenvalue weighted by atomic mass is 10.2. The standard InChI is InChI=1S/C14H23N3O2S/c1-2-17(11-12-6-4-3-5-7-12)20(18,19)16-10-14(15)13-8-9-13/h3-7,13-14,16H,2,8-11,15H2,1H3. The number of hydrogen-bond donors (Lipinski definition) is 2. The molecule has 20 heavy (non-hydrogen) atoms. The Hall–Kier alpha value is -0.950. The van der Waals surface area contributed by atoms with Crippen molar-refractivity contribution >= 4 is 10.2 Å². The highest BCUT2D eigenvalue weighted by molar-refractivity contribution is 7.87. The second-order valence-electron chi connectivity index (χ2n) is 5.27. The Bertz CT molecular complexity index is 514. The third-order valence-electron chi connectivity index (χ3n) is 3.62. The van der Waals surface area contributed by atoms with Gasteiger partial charge < -0.3 is 5.73 Å². The van der Waals surface area contributed by atoms with Gasteiger partial charge in [0.25, 0.3) is 10.2 Å². The van der Waals surface area contributed by atoms with E-state index in [4.69, 9.17) is 5.73 Å². The highest BCUT2D eigenvalue weighted by Gasteiger charge is 2.30. The average Bonchev–Trinajstić information content (AvgIpc) is 3.28. The van der Waals surface area contributed by atoms with Gasteiger partial charge in [0.1, 0.15) is 0 Å². The number of benzene rings is 1. The first-order valence-corrected chi connectivity index (χ1v) is 8.51. The van der Waals surface area contributed by atoms with E-state index in [1.807, 2.05) is 37.3 Å². The van der Waals surface area contributed by atoms with Crippen molar-refractivity contribution in [1.82, 2.24) is 9.03 Å². The number of nitrogens with one attached hydrogen (secondary N) is 1. The van der Waals surface area contributed by atoms with E-state index in [0.29, 0.717) is 25.6 Å². The highest BCUT2D eigenvalue weighted by atomic mass is 32.2. The minimum absolute atomic E-state index is 0.0693. The van der Waals surface area contributed by atoms with Gasteiger partial charge in [0.05, 0.1) is 0 Å². The number of nitrogens with two attached hydrogens (primary N) is 1. The number of nitrogens with zero attached hydrogens (tertiary/aromatic N) is 1. The predicted octanol–water partition coefficient (Wildman–Crippen LogP) is 1.08. The zero-order chi connectivity index (χ0) is 14.6. The van der Waals surface area contributed by atoms with E-state index in [0.717, 1.165) is 18.4 Å². The molecule has 1 aliphatic rings. The first-order valence-electron chi connectivity index (χ1n) is 7.07. The summed E-state index contributed by atoms with van der Waals surface area (Å²) >= 11 is 0. The third kappa shape index (κ3) is 4.28. The van der Waals surface area contributed by atoms with Crippen molar-refractivity contribution in [3.05, 3.63) is 35.9 Å². The van der Waals surface area contributed by atoms with Gasteiger partial charge in [-0.15, -0.1) is 0 Å². The Kier molecular flexibility index (Phi) is 5.15. The zero-order valence-electron chi connectivity index (χ0n) is 11.8. The van der Waals surface area contributed by atoms with Gasteiger partial charge in [-0.3, -0.25) is 0 Å². The maximum absolute atomic E-state index is 12.3. The summed E-state index contributed by atoms with van der Waals surface area (Å²) in [6.45, 7) is 2.97. The molecule has 6 heteroatoms. The Balaban J connectivity index is 1.94. The van der Waals surface area contributed by atoms with Crippen LogP contribution in [0.2, 0.25) is 0 Å². The maximum atomic E-state index is 12.3. The lowest BCUT2D eigenvalue weighted by Crippen LogP contribution is -2.45. The fourth-order valence-corrected chi connectivity index (χ4v) is 3.38. The van der Waals surface area contributed by atoms with Gasteiger partial charge in [-0.1, -0.05) is 37.3 Å². The van der Waals surface area contributed by atoms with Crippen molar-refractivity contribution in [2.45, 2.75) is 32.4 Å². The molecule has 0 amide bonds. The van der Waals surface area contributed by atoms with Crippen molar-refractivity contribution in [2.24, 2.45) is 11.7 Å². The molecule has 0 aromatic heterocycles. The largest absolute Gasteiger partial charge is 0.326 e. The second kappa shape index (κ2) is 6.67. The summed E-state index contributed by atoms with van der Waals surface area (Å²) in [5.74, 6) is 0.488. The molecule has 1 aromatic carbocycles. The van der Waals surface area contributed by atoms with Crippen molar-refractivity contribution < 1.29 is 8.42 Å². The van der Waals surface area contributed by atoms with E-state index >= 15 is 0 Å². The molecule has 1 aliphatic carbocycles. The van der Waals surface area contributed by atoms with Crippen LogP contribution in [0.4, 0.5) is 0 Å². The quantitative estimate of drug-likeness (QED) is 0.754. The average molecular weight is 297 g/mol. The molecule has 0 saturated heterocycles. The summed E-state index contributed by atoms with van der Waals surface area (Å²) in [5, 5.41) is 0. The van der Waals surface area contributed by atoms with Gasteiger partial charge in [0.2, 0.25) is 0 Å². The summed E-state index contributed by atoms with van der Waals surface area (Å²) in [6, 6.07) is 9.52. The summed E-state index contributed by atoms with van der Waals surface area (Å²) in [7, 11) is -3.47. The van der Waals surface area contributed by atoms with Crippen LogP contribution in [0.1, 0.15) is 25.3 Å². The third-order valence-corrected chi connectivity index (χ3v) is 5.22. The van der Waals surface area contributed by atoms with Gasteiger partial charge in [0, 0.05) is 25.7 Å². The molecule has 0 bridgehead atoms. The molecule has 1 saturated carbocycles. The van der Waals surface area contributed by atoms with Crippen LogP contribution in [0.25, 0.3) is 0 Å². The van der Waals surface area contributed by atoms with E-state index in [1.165, 1.54) is 4.31 Å². The van der Waals surface area contributed by atoms with Gasteiger partial charge in [-0.25, -0.2) is 4.72 Å². The molecule has 2 rings (SSSR count). The van der Waals surface area contributed by atoms with E-state index in [-0.39, 0.29) is 6.04 Å². The molecule has 0 spiro atoms. The molecular weight excluding hydrogens is 274 g/mol. The van der Waals surface area contributed by atoms with Crippen LogP contribution in [0.15, 0.2) is 30.3 Å². The molecular formula is C14H23N3O2S. The minimum atomic E-state index is -3.47. The van der Waals surface area contributed by atoms with Crippen molar-refractivity contribution in [3.63, 3.8) is 0 Å². The molecule has 1 atom stereocenters. The lowest BCUT2D eigenvalue weighted by molar-refractivity contribution is 0.410. The normalized spacial score (nSPS) is 17.4. The zero-order valence-corrected chi connectivity index (χ0v) is 12.6. The molecule has 3 N–H and O–H groups in total. The first-order chi connectivity index (χ1) is 9.53. The number of hydrogen-bond acceptors (Lipinski definition) is 3. The molecule has 1 fully saturated rings.